The molecule has 0 aliphatic heterocycles. The molecule has 0 spiro atoms. The van der Waals surface area contributed by atoms with Gasteiger partial charge in [0, 0.05) is 6.04 Å². The van der Waals surface area contributed by atoms with E-state index < -0.39 is 12.6 Å². The molecular weight excluding hydrogens is 167 g/mol. The van der Waals surface area contributed by atoms with Crippen LogP contribution in [0.15, 0.2) is 0 Å². The van der Waals surface area contributed by atoms with Gasteiger partial charge < -0.3 is 5.32 Å². The zero-order chi connectivity index (χ0) is 9.19. The Balaban J connectivity index is 2.23. The topological polar surface area (TPSA) is 12.0 Å². The van der Waals surface area contributed by atoms with Gasteiger partial charge in [0.05, 0.1) is 6.42 Å². The quantitative estimate of drug-likeness (QED) is 0.701. The Morgan fingerprint density at radius 2 is 2.00 bits per heavy atom. The second-order valence-electron chi connectivity index (χ2n) is 3.48. The van der Waals surface area contributed by atoms with Crippen molar-refractivity contribution in [3.63, 3.8) is 0 Å². The summed E-state index contributed by atoms with van der Waals surface area (Å²) in [6, 6.07) is -0.377. The van der Waals surface area contributed by atoms with Gasteiger partial charge in [-0.1, -0.05) is 12.8 Å². The van der Waals surface area contributed by atoms with E-state index in [4.69, 9.17) is 0 Å². The molecule has 0 aromatic carbocycles. The highest BCUT2D eigenvalue weighted by Crippen LogP contribution is 2.35. The fourth-order valence-electron chi connectivity index (χ4n) is 1.34. The largest absolute Gasteiger partial charge is 0.390 e. The molecule has 1 unspecified atom stereocenters. The van der Waals surface area contributed by atoms with Crippen molar-refractivity contribution in [2.24, 2.45) is 5.92 Å². The molecule has 1 aliphatic carbocycles. The Kier molecular flexibility index (Phi) is 2.99. The Labute approximate surface area is 70.3 Å². The van der Waals surface area contributed by atoms with Crippen LogP contribution in [0, 0.1) is 5.92 Å². The lowest BCUT2D eigenvalue weighted by molar-refractivity contribution is -0.140. The highest BCUT2D eigenvalue weighted by atomic mass is 19.4. The summed E-state index contributed by atoms with van der Waals surface area (Å²) in [4.78, 5) is 0. The molecular formula is C8H14F3N. The lowest BCUT2D eigenvalue weighted by Gasteiger charge is -2.17. The molecule has 72 valence electrons. The van der Waals surface area contributed by atoms with E-state index in [0.717, 1.165) is 12.8 Å². The van der Waals surface area contributed by atoms with Gasteiger partial charge in [-0.25, -0.2) is 0 Å². The summed E-state index contributed by atoms with van der Waals surface area (Å²) >= 11 is 0. The van der Waals surface area contributed by atoms with E-state index in [1.165, 1.54) is 0 Å². The summed E-state index contributed by atoms with van der Waals surface area (Å²) in [5.41, 5.74) is 0. The second-order valence-corrected chi connectivity index (χ2v) is 3.48. The third-order valence-corrected chi connectivity index (χ3v) is 2.20. The first-order valence-electron chi connectivity index (χ1n) is 4.25. The number of alkyl halides is 3. The van der Waals surface area contributed by atoms with Crippen LogP contribution in [0.2, 0.25) is 0 Å². The van der Waals surface area contributed by atoms with Crippen LogP contribution in [0.3, 0.4) is 0 Å². The molecule has 1 nitrogen and oxygen atoms in total. The normalized spacial score (nSPS) is 21.0. The van der Waals surface area contributed by atoms with Gasteiger partial charge in [0.2, 0.25) is 0 Å². The number of hydrogen-bond donors (Lipinski definition) is 1. The maximum absolute atomic E-state index is 11.9. The van der Waals surface area contributed by atoms with Gasteiger partial charge in [-0.05, 0) is 19.4 Å². The SMILES string of the molecule is CNC(CC1CC1)CC(F)(F)F. The number of hydrogen-bond acceptors (Lipinski definition) is 1. The molecule has 1 saturated carbocycles. The third-order valence-electron chi connectivity index (χ3n) is 2.20. The number of rotatable bonds is 4. The second kappa shape index (κ2) is 3.64. The van der Waals surface area contributed by atoms with Crippen LogP contribution >= 0.6 is 0 Å². The predicted molar refractivity (Wildman–Crippen MR) is 40.9 cm³/mol. The summed E-state index contributed by atoms with van der Waals surface area (Å²) in [7, 11) is 1.60. The van der Waals surface area contributed by atoms with Crippen LogP contribution < -0.4 is 5.32 Å². The molecule has 0 radical (unpaired) electrons. The van der Waals surface area contributed by atoms with Crippen LogP contribution in [0.5, 0.6) is 0 Å². The van der Waals surface area contributed by atoms with Gasteiger partial charge in [-0.15, -0.1) is 0 Å². The molecule has 1 fully saturated rings. The van der Waals surface area contributed by atoms with E-state index in [1.54, 1.807) is 7.05 Å². The molecule has 0 aromatic rings. The molecule has 12 heavy (non-hydrogen) atoms. The van der Waals surface area contributed by atoms with Crippen molar-refractivity contribution in [1.29, 1.82) is 0 Å². The predicted octanol–water partition coefficient (Wildman–Crippen LogP) is 2.33. The van der Waals surface area contributed by atoms with Gasteiger partial charge in [0.25, 0.3) is 0 Å². The van der Waals surface area contributed by atoms with E-state index in [2.05, 4.69) is 5.32 Å². The Bertz CT molecular complexity index is 140. The highest BCUT2D eigenvalue weighted by Gasteiger charge is 2.34. The smallest absolute Gasteiger partial charge is 0.317 e. The average molecular weight is 181 g/mol. The van der Waals surface area contributed by atoms with Crippen LogP contribution in [0.25, 0.3) is 0 Å². The Hall–Kier alpha value is -0.250. The first-order valence-corrected chi connectivity index (χ1v) is 4.25. The van der Waals surface area contributed by atoms with Crippen molar-refractivity contribution >= 4 is 0 Å². The Morgan fingerprint density at radius 1 is 1.42 bits per heavy atom. The van der Waals surface area contributed by atoms with Gasteiger partial charge >= 0.3 is 6.18 Å². The number of nitrogens with one attached hydrogen (secondary N) is 1. The van der Waals surface area contributed by atoms with Gasteiger partial charge in [-0.3, -0.25) is 0 Å². The third kappa shape index (κ3) is 3.95. The minimum absolute atomic E-state index is 0.377. The average Bonchev–Trinajstić information content (AvgIpc) is 2.67. The summed E-state index contributed by atoms with van der Waals surface area (Å²) in [5, 5.41) is 2.71. The monoisotopic (exact) mass is 181 g/mol. The maximum atomic E-state index is 11.9. The van der Waals surface area contributed by atoms with Crippen LogP contribution in [-0.2, 0) is 0 Å². The minimum atomic E-state index is -4.03. The van der Waals surface area contributed by atoms with E-state index in [-0.39, 0.29) is 6.04 Å². The zero-order valence-electron chi connectivity index (χ0n) is 7.12. The maximum Gasteiger partial charge on any atom is 0.390 e. The molecule has 0 aromatic heterocycles. The summed E-state index contributed by atoms with van der Waals surface area (Å²) < 4.78 is 35.8. The standard InChI is InChI=1S/C8H14F3N/c1-12-7(4-6-2-3-6)5-8(9,10)11/h6-7,12H,2-5H2,1H3. The molecule has 0 amide bonds. The van der Waals surface area contributed by atoms with Crippen molar-refractivity contribution in [2.45, 2.75) is 37.9 Å². The molecule has 1 rings (SSSR count). The van der Waals surface area contributed by atoms with Crippen molar-refractivity contribution < 1.29 is 13.2 Å². The first-order chi connectivity index (χ1) is 5.51. The fourth-order valence-corrected chi connectivity index (χ4v) is 1.34. The van der Waals surface area contributed by atoms with Crippen LogP contribution in [-0.4, -0.2) is 19.3 Å². The number of halogens is 3. The molecule has 0 heterocycles. The lowest BCUT2D eigenvalue weighted by Crippen LogP contribution is -2.31. The molecule has 1 aliphatic rings. The van der Waals surface area contributed by atoms with Crippen molar-refractivity contribution in [3.8, 4) is 0 Å². The summed E-state index contributed by atoms with van der Waals surface area (Å²) in [6.07, 6.45) is -1.83. The van der Waals surface area contributed by atoms with Crippen molar-refractivity contribution in [2.75, 3.05) is 7.05 Å². The Morgan fingerprint density at radius 3 is 2.33 bits per heavy atom. The molecule has 1 N–H and O–H groups in total. The molecule has 0 bridgehead atoms. The highest BCUT2D eigenvalue weighted by molar-refractivity contribution is 4.80. The van der Waals surface area contributed by atoms with E-state index in [9.17, 15) is 13.2 Å². The molecule has 1 atom stereocenters. The van der Waals surface area contributed by atoms with E-state index in [1.807, 2.05) is 0 Å². The first kappa shape index (κ1) is 9.84. The van der Waals surface area contributed by atoms with Crippen molar-refractivity contribution in [1.82, 2.24) is 5.32 Å². The van der Waals surface area contributed by atoms with Gasteiger partial charge in [-0.2, -0.15) is 13.2 Å². The molecule has 0 saturated heterocycles. The van der Waals surface area contributed by atoms with Gasteiger partial charge in [0.15, 0.2) is 0 Å². The van der Waals surface area contributed by atoms with Gasteiger partial charge in [0.1, 0.15) is 0 Å². The van der Waals surface area contributed by atoms with Crippen LogP contribution in [0.1, 0.15) is 25.7 Å². The lowest BCUT2D eigenvalue weighted by atomic mass is 10.1. The minimum Gasteiger partial charge on any atom is -0.317 e. The summed E-state index contributed by atoms with van der Waals surface area (Å²) in [5.74, 6) is 0.546. The van der Waals surface area contributed by atoms with E-state index >= 15 is 0 Å². The fraction of sp³-hybridized carbons (Fsp3) is 1.00. The zero-order valence-corrected chi connectivity index (χ0v) is 7.12. The van der Waals surface area contributed by atoms with E-state index in [0.29, 0.717) is 12.3 Å². The van der Waals surface area contributed by atoms with Crippen LogP contribution in [0.4, 0.5) is 13.2 Å². The molecule has 4 heteroatoms. The summed E-state index contributed by atoms with van der Waals surface area (Å²) in [6.45, 7) is 0. The van der Waals surface area contributed by atoms with Crippen molar-refractivity contribution in [3.05, 3.63) is 0 Å².